The van der Waals surface area contributed by atoms with Gasteiger partial charge in [0, 0.05) is 11.5 Å². The summed E-state index contributed by atoms with van der Waals surface area (Å²) in [5, 5.41) is 10.6. The first-order valence-corrected chi connectivity index (χ1v) is 4.81. The van der Waals surface area contributed by atoms with Gasteiger partial charge in [0.25, 0.3) is 0 Å². The van der Waals surface area contributed by atoms with Gasteiger partial charge in [0.1, 0.15) is 0 Å². The van der Waals surface area contributed by atoms with Gasteiger partial charge in [-0.2, -0.15) is 4.37 Å². The van der Waals surface area contributed by atoms with Gasteiger partial charge in [-0.3, -0.25) is 10.1 Å². The first-order chi connectivity index (χ1) is 6.25. The number of nitrogens with two attached hydrogens (primary N) is 1. The van der Waals surface area contributed by atoms with E-state index in [9.17, 15) is 10.1 Å². The van der Waals surface area contributed by atoms with Crippen molar-refractivity contribution in [3.63, 3.8) is 0 Å². The molecule has 0 saturated heterocycles. The lowest BCUT2D eigenvalue weighted by molar-refractivity contribution is -0.380. The maximum absolute atomic E-state index is 10.5. The molecule has 0 aromatic carbocycles. The molecule has 1 aromatic heterocycles. The number of rotatable bonds is 5. The highest BCUT2D eigenvalue weighted by molar-refractivity contribution is 7.09. The smallest absolute Gasteiger partial charge is 0.330 e. The Hall–Kier alpha value is -1.01. The van der Waals surface area contributed by atoms with Crippen LogP contribution in [0.2, 0.25) is 0 Å². The molecular weight excluding hydrogens is 190 g/mol. The predicted octanol–water partition coefficient (Wildman–Crippen LogP) is 1.33. The summed E-state index contributed by atoms with van der Waals surface area (Å²) < 4.78 is 3.79. The molecular formula is C7H11N3O2S. The predicted molar refractivity (Wildman–Crippen MR) is 50.8 cm³/mol. The van der Waals surface area contributed by atoms with Crippen molar-refractivity contribution in [1.82, 2.24) is 4.37 Å². The van der Waals surface area contributed by atoms with Crippen molar-refractivity contribution >= 4 is 16.5 Å². The summed E-state index contributed by atoms with van der Waals surface area (Å²) in [4.78, 5) is 10.1. The molecule has 0 atom stereocenters. The molecule has 0 bridgehead atoms. The van der Waals surface area contributed by atoms with Gasteiger partial charge in [0.05, 0.1) is 16.7 Å². The minimum absolute atomic E-state index is 0.164. The van der Waals surface area contributed by atoms with Crippen LogP contribution < -0.4 is 5.73 Å². The van der Waals surface area contributed by atoms with Crippen LogP contribution >= 0.6 is 11.5 Å². The quantitative estimate of drug-likeness (QED) is 0.442. The summed E-state index contributed by atoms with van der Waals surface area (Å²) >= 11 is 0.935. The summed E-state index contributed by atoms with van der Waals surface area (Å²) in [6.45, 7) is 0.630. The molecule has 1 rings (SSSR count). The van der Waals surface area contributed by atoms with E-state index in [2.05, 4.69) is 4.37 Å². The Balaban J connectivity index is 2.55. The zero-order valence-electron chi connectivity index (χ0n) is 7.10. The van der Waals surface area contributed by atoms with E-state index in [1.165, 1.54) is 0 Å². The Labute approximate surface area is 79.9 Å². The second-order valence-electron chi connectivity index (χ2n) is 2.66. The normalized spacial score (nSPS) is 10.2. The number of nitro groups is 1. The summed E-state index contributed by atoms with van der Waals surface area (Å²) in [6, 6.07) is 0. The lowest BCUT2D eigenvalue weighted by Gasteiger charge is -1.95. The average Bonchev–Trinajstić information content (AvgIpc) is 2.53. The Kier molecular flexibility index (Phi) is 3.78. The molecule has 0 fully saturated rings. The third kappa shape index (κ3) is 2.74. The van der Waals surface area contributed by atoms with Crippen LogP contribution in [0.5, 0.6) is 0 Å². The molecule has 2 N–H and O–H groups in total. The van der Waals surface area contributed by atoms with Crippen LogP contribution in [-0.4, -0.2) is 15.8 Å². The highest BCUT2D eigenvalue weighted by Crippen LogP contribution is 2.24. The molecule has 0 amide bonds. The molecule has 0 aliphatic heterocycles. The van der Waals surface area contributed by atoms with Crippen molar-refractivity contribution in [3.8, 4) is 0 Å². The van der Waals surface area contributed by atoms with E-state index in [4.69, 9.17) is 5.73 Å². The molecule has 1 heterocycles. The summed E-state index contributed by atoms with van der Waals surface area (Å²) in [5.41, 5.74) is 6.04. The lowest BCUT2D eigenvalue weighted by atomic mass is 10.1. The van der Waals surface area contributed by atoms with Gasteiger partial charge in [0.2, 0.25) is 0 Å². The first kappa shape index (κ1) is 10.1. The lowest BCUT2D eigenvalue weighted by Crippen LogP contribution is -1.99. The summed E-state index contributed by atoms with van der Waals surface area (Å²) in [7, 11) is 0. The molecule has 6 heteroatoms. The molecule has 1 aromatic rings. The van der Waals surface area contributed by atoms with Crippen LogP contribution in [0.15, 0.2) is 6.20 Å². The fourth-order valence-electron chi connectivity index (χ4n) is 1.04. The van der Waals surface area contributed by atoms with Crippen molar-refractivity contribution in [2.75, 3.05) is 6.54 Å². The van der Waals surface area contributed by atoms with Crippen LogP contribution in [-0.2, 0) is 6.42 Å². The second kappa shape index (κ2) is 4.88. The SMILES string of the molecule is NCCCCc1cnsc1[N+](=O)[O-]. The van der Waals surface area contributed by atoms with Crippen LogP contribution in [0.1, 0.15) is 18.4 Å². The van der Waals surface area contributed by atoms with Gasteiger partial charge in [-0.05, 0) is 25.8 Å². The van der Waals surface area contributed by atoms with Crippen LogP contribution in [0.25, 0.3) is 0 Å². The Morgan fingerprint density at radius 1 is 1.62 bits per heavy atom. The minimum atomic E-state index is -0.380. The maximum atomic E-state index is 10.5. The topological polar surface area (TPSA) is 82.0 Å². The molecule has 0 aliphatic rings. The van der Waals surface area contributed by atoms with Gasteiger partial charge in [-0.1, -0.05) is 0 Å². The third-order valence-corrected chi connectivity index (χ3v) is 2.48. The highest BCUT2D eigenvalue weighted by atomic mass is 32.1. The number of aryl methyl sites for hydroxylation is 1. The monoisotopic (exact) mass is 201 g/mol. The standard InChI is InChI=1S/C7H11N3O2S/c8-4-2-1-3-6-5-9-13-7(6)10(11)12/h5H,1-4,8H2. The molecule has 0 saturated carbocycles. The molecule has 0 spiro atoms. The molecule has 0 radical (unpaired) electrons. The van der Waals surface area contributed by atoms with Crippen LogP contribution in [0, 0.1) is 10.1 Å². The molecule has 5 nitrogen and oxygen atoms in total. The number of unbranched alkanes of at least 4 members (excludes halogenated alkanes) is 1. The van der Waals surface area contributed by atoms with E-state index in [-0.39, 0.29) is 9.92 Å². The van der Waals surface area contributed by atoms with E-state index in [0.29, 0.717) is 13.0 Å². The van der Waals surface area contributed by atoms with Crippen molar-refractivity contribution in [3.05, 3.63) is 21.9 Å². The Bertz CT molecular complexity index is 287. The van der Waals surface area contributed by atoms with Crippen molar-refractivity contribution < 1.29 is 4.92 Å². The van der Waals surface area contributed by atoms with Crippen molar-refractivity contribution in [2.24, 2.45) is 5.73 Å². The number of hydrogen-bond acceptors (Lipinski definition) is 5. The zero-order valence-corrected chi connectivity index (χ0v) is 7.92. The average molecular weight is 201 g/mol. The Morgan fingerprint density at radius 2 is 2.38 bits per heavy atom. The molecule has 13 heavy (non-hydrogen) atoms. The minimum Gasteiger partial charge on any atom is -0.330 e. The van der Waals surface area contributed by atoms with Crippen molar-refractivity contribution in [2.45, 2.75) is 19.3 Å². The van der Waals surface area contributed by atoms with E-state index in [1.54, 1.807) is 6.20 Å². The fourth-order valence-corrected chi connectivity index (χ4v) is 1.65. The molecule has 72 valence electrons. The second-order valence-corrected chi connectivity index (χ2v) is 3.44. The van der Waals surface area contributed by atoms with Gasteiger partial charge in [-0.15, -0.1) is 0 Å². The van der Waals surface area contributed by atoms with Crippen LogP contribution in [0.3, 0.4) is 0 Å². The molecule has 0 aliphatic carbocycles. The number of hydrogen-bond donors (Lipinski definition) is 1. The van der Waals surface area contributed by atoms with E-state index in [0.717, 1.165) is 29.9 Å². The number of nitrogens with zero attached hydrogens (tertiary/aromatic N) is 2. The summed E-state index contributed by atoms with van der Waals surface area (Å²) in [5.74, 6) is 0. The zero-order chi connectivity index (χ0) is 9.68. The van der Waals surface area contributed by atoms with Gasteiger partial charge in [-0.25, -0.2) is 0 Å². The summed E-state index contributed by atoms with van der Waals surface area (Å²) in [6.07, 6.45) is 4.05. The highest BCUT2D eigenvalue weighted by Gasteiger charge is 2.15. The van der Waals surface area contributed by atoms with Gasteiger partial charge < -0.3 is 5.73 Å². The van der Waals surface area contributed by atoms with Crippen LogP contribution in [0.4, 0.5) is 5.00 Å². The van der Waals surface area contributed by atoms with Gasteiger partial charge >= 0.3 is 5.00 Å². The van der Waals surface area contributed by atoms with Gasteiger partial charge in [0.15, 0.2) is 0 Å². The Morgan fingerprint density at radius 3 is 3.00 bits per heavy atom. The first-order valence-electron chi connectivity index (χ1n) is 4.03. The number of aromatic nitrogens is 1. The van der Waals surface area contributed by atoms with E-state index >= 15 is 0 Å². The maximum Gasteiger partial charge on any atom is 0.346 e. The molecule has 0 unspecified atom stereocenters. The fraction of sp³-hybridized carbons (Fsp3) is 0.571. The largest absolute Gasteiger partial charge is 0.346 e. The van der Waals surface area contributed by atoms with E-state index in [1.807, 2.05) is 0 Å². The third-order valence-electron chi connectivity index (χ3n) is 1.69. The van der Waals surface area contributed by atoms with E-state index < -0.39 is 0 Å². The van der Waals surface area contributed by atoms with Crippen molar-refractivity contribution in [1.29, 1.82) is 0 Å².